The highest BCUT2D eigenvalue weighted by Crippen LogP contribution is 2.35. The molecule has 2 aromatic rings. The van der Waals surface area contributed by atoms with Crippen LogP contribution in [0.5, 0.6) is 11.5 Å². The lowest BCUT2D eigenvalue weighted by atomic mass is 10.1. The van der Waals surface area contributed by atoms with Crippen molar-refractivity contribution in [1.82, 2.24) is 10.2 Å². The summed E-state index contributed by atoms with van der Waals surface area (Å²) in [5.74, 6) is -0.285. The fourth-order valence-corrected chi connectivity index (χ4v) is 5.35. The standard InChI is InChI=1S/C24H29Cl2N3O6S/c1-4-20(24(31)27-3)28(14-16-6-7-17(25)12-19(16)26)23(30)15-29(36(32,33)5-2)18-8-9-21-22(13-18)35-11-10-34-21/h6-9,12-13,20H,4-5,10-11,14-15H2,1-3H3,(H,27,31). The van der Waals surface area contributed by atoms with Crippen LogP contribution in [0.1, 0.15) is 25.8 Å². The van der Waals surface area contributed by atoms with E-state index in [-0.39, 0.29) is 23.9 Å². The monoisotopic (exact) mass is 557 g/mol. The van der Waals surface area contributed by atoms with Crippen molar-refractivity contribution < 1.29 is 27.5 Å². The molecule has 0 bridgehead atoms. The zero-order chi connectivity index (χ0) is 26.5. The molecule has 0 saturated carbocycles. The minimum absolute atomic E-state index is 0.0120. The summed E-state index contributed by atoms with van der Waals surface area (Å²) in [4.78, 5) is 27.7. The van der Waals surface area contributed by atoms with Gasteiger partial charge in [-0.05, 0) is 43.2 Å². The molecule has 3 rings (SSSR count). The molecule has 0 saturated heterocycles. The zero-order valence-corrected chi connectivity index (χ0v) is 22.6. The van der Waals surface area contributed by atoms with E-state index in [1.165, 1.54) is 24.9 Å². The Kier molecular flexibility index (Phi) is 9.32. The van der Waals surface area contributed by atoms with Gasteiger partial charge in [-0.15, -0.1) is 0 Å². The molecule has 2 aromatic carbocycles. The Hall–Kier alpha value is -2.69. The number of hydrogen-bond acceptors (Lipinski definition) is 6. The van der Waals surface area contributed by atoms with E-state index in [9.17, 15) is 18.0 Å². The van der Waals surface area contributed by atoms with Crippen LogP contribution in [0.4, 0.5) is 5.69 Å². The molecule has 1 aliphatic rings. The first-order valence-electron chi connectivity index (χ1n) is 11.5. The number of nitrogens with zero attached hydrogens (tertiary/aromatic N) is 2. The Morgan fingerprint density at radius 3 is 2.36 bits per heavy atom. The van der Waals surface area contributed by atoms with Crippen molar-refractivity contribution in [3.63, 3.8) is 0 Å². The maximum Gasteiger partial charge on any atom is 0.244 e. The molecule has 1 aliphatic heterocycles. The number of anilines is 1. The number of carbonyl (C=O) groups is 2. The lowest BCUT2D eigenvalue weighted by Gasteiger charge is -2.33. The van der Waals surface area contributed by atoms with Crippen LogP contribution < -0.4 is 19.1 Å². The van der Waals surface area contributed by atoms with E-state index in [1.54, 1.807) is 37.3 Å². The van der Waals surface area contributed by atoms with Crippen LogP contribution in [0.25, 0.3) is 0 Å². The van der Waals surface area contributed by atoms with Gasteiger partial charge in [-0.3, -0.25) is 13.9 Å². The van der Waals surface area contributed by atoms with Crippen molar-refractivity contribution in [2.45, 2.75) is 32.9 Å². The highest BCUT2D eigenvalue weighted by Gasteiger charge is 2.33. The van der Waals surface area contributed by atoms with Gasteiger partial charge in [0.15, 0.2) is 11.5 Å². The molecule has 1 N–H and O–H groups in total. The van der Waals surface area contributed by atoms with Gasteiger partial charge in [-0.2, -0.15) is 0 Å². The first-order chi connectivity index (χ1) is 17.1. The second-order valence-electron chi connectivity index (χ2n) is 8.03. The fourth-order valence-electron chi connectivity index (χ4n) is 3.83. The third kappa shape index (κ3) is 6.35. The quantitative estimate of drug-likeness (QED) is 0.479. The number of ether oxygens (including phenoxy) is 2. The fraction of sp³-hybridized carbons (Fsp3) is 0.417. The largest absolute Gasteiger partial charge is 0.486 e. The molecular formula is C24H29Cl2N3O6S. The summed E-state index contributed by atoms with van der Waals surface area (Å²) in [6.07, 6.45) is 0.307. The molecule has 12 heteroatoms. The first kappa shape index (κ1) is 27.9. The minimum atomic E-state index is -3.87. The summed E-state index contributed by atoms with van der Waals surface area (Å²) in [5, 5.41) is 3.33. The molecule has 0 radical (unpaired) electrons. The Morgan fingerprint density at radius 2 is 1.75 bits per heavy atom. The summed E-state index contributed by atoms with van der Waals surface area (Å²) in [5.41, 5.74) is 0.827. The Bertz CT molecular complexity index is 1220. The average Bonchev–Trinajstić information content (AvgIpc) is 2.87. The van der Waals surface area contributed by atoms with Crippen LogP contribution >= 0.6 is 23.2 Å². The molecule has 36 heavy (non-hydrogen) atoms. The van der Waals surface area contributed by atoms with Crippen LogP contribution in [0.3, 0.4) is 0 Å². The third-order valence-electron chi connectivity index (χ3n) is 5.78. The molecule has 0 aliphatic carbocycles. The molecule has 0 spiro atoms. The van der Waals surface area contributed by atoms with Gasteiger partial charge >= 0.3 is 0 Å². The third-order valence-corrected chi connectivity index (χ3v) is 8.11. The second kappa shape index (κ2) is 12.0. The Labute approximate surface area is 221 Å². The van der Waals surface area contributed by atoms with Gasteiger partial charge in [0.05, 0.1) is 11.4 Å². The van der Waals surface area contributed by atoms with Gasteiger partial charge in [-0.25, -0.2) is 8.42 Å². The molecule has 0 aromatic heterocycles. The average molecular weight is 558 g/mol. The second-order valence-corrected chi connectivity index (χ2v) is 11.1. The van der Waals surface area contributed by atoms with E-state index >= 15 is 0 Å². The van der Waals surface area contributed by atoms with Crippen LogP contribution in [-0.2, 0) is 26.2 Å². The van der Waals surface area contributed by atoms with Gasteiger partial charge in [0.25, 0.3) is 0 Å². The summed E-state index contributed by atoms with van der Waals surface area (Å²) in [7, 11) is -2.39. The van der Waals surface area contributed by atoms with Crippen molar-refractivity contribution in [2.24, 2.45) is 0 Å². The molecule has 1 atom stereocenters. The lowest BCUT2D eigenvalue weighted by molar-refractivity contribution is -0.140. The minimum Gasteiger partial charge on any atom is -0.486 e. The summed E-state index contributed by atoms with van der Waals surface area (Å²) in [6, 6.07) is 8.71. The van der Waals surface area contributed by atoms with E-state index in [1.807, 2.05) is 0 Å². The molecule has 1 heterocycles. The highest BCUT2D eigenvalue weighted by molar-refractivity contribution is 7.92. The number of halogens is 2. The normalized spacial score (nSPS) is 13.6. The molecular weight excluding hydrogens is 529 g/mol. The van der Waals surface area contributed by atoms with E-state index in [0.717, 1.165) is 4.31 Å². The van der Waals surface area contributed by atoms with Gasteiger partial charge in [0, 0.05) is 29.7 Å². The topological polar surface area (TPSA) is 105 Å². The SMILES string of the molecule is CCC(C(=O)NC)N(Cc1ccc(Cl)cc1Cl)C(=O)CN(c1ccc2c(c1)OCCO2)S(=O)(=O)CC. The van der Waals surface area contributed by atoms with Crippen molar-refractivity contribution in [2.75, 3.05) is 36.9 Å². The predicted octanol–water partition coefficient (Wildman–Crippen LogP) is 3.47. The van der Waals surface area contributed by atoms with Gasteiger partial charge < -0.3 is 19.7 Å². The first-order valence-corrected chi connectivity index (χ1v) is 13.8. The Balaban J connectivity index is 2.00. The van der Waals surface area contributed by atoms with Crippen LogP contribution in [0.15, 0.2) is 36.4 Å². The number of benzene rings is 2. The maximum atomic E-state index is 13.7. The Morgan fingerprint density at radius 1 is 1.06 bits per heavy atom. The van der Waals surface area contributed by atoms with Crippen molar-refractivity contribution in [1.29, 1.82) is 0 Å². The number of carbonyl (C=O) groups excluding carboxylic acids is 2. The molecule has 1 unspecified atom stereocenters. The highest BCUT2D eigenvalue weighted by atomic mass is 35.5. The lowest BCUT2D eigenvalue weighted by Crippen LogP contribution is -2.52. The molecule has 0 fully saturated rings. The predicted molar refractivity (Wildman–Crippen MR) is 139 cm³/mol. The molecule has 196 valence electrons. The summed E-state index contributed by atoms with van der Waals surface area (Å²) >= 11 is 12.4. The number of likely N-dealkylation sites (N-methyl/N-ethyl adjacent to an activating group) is 1. The molecule has 9 nitrogen and oxygen atoms in total. The zero-order valence-electron chi connectivity index (χ0n) is 20.3. The van der Waals surface area contributed by atoms with Crippen molar-refractivity contribution >= 4 is 50.7 Å². The van der Waals surface area contributed by atoms with Crippen LogP contribution in [-0.4, -0.2) is 63.7 Å². The van der Waals surface area contributed by atoms with E-state index in [0.29, 0.717) is 46.7 Å². The van der Waals surface area contributed by atoms with Gasteiger partial charge in [-0.1, -0.05) is 36.2 Å². The number of nitrogens with one attached hydrogen (secondary N) is 1. The van der Waals surface area contributed by atoms with Crippen LogP contribution in [0, 0.1) is 0 Å². The number of rotatable bonds is 10. The number of amides is 2. The van der Waals surface area contributed by atoms with Crippen molar-refractivity contribution in [3.8, 4) is 11.5 Å². The van der Waals surface area contributed by atoms with E-state index in [4.69, 9.17) is 32.7 Å². The number of hydrogen-bond donors (Lipinski definition) is 1. The maximum absolute atomic E-state index is 13.7. The van der Waals surface area contributed by atoms with Crippen molar-refractivity contribution in [3.05, 3.63) is 52.0 Å². The van der Waals surface area contributed by atoms with E-state index < -0.39 is 28.5 Å². The number of sulfonamides is 1. The number of fused-ring (bicyclic) bond motifs is 1. The summed E-state index contributed by atoms with van der Waals surface area (Å²) < 4.78 is 38.3. The molecule has 2 amide bonds. The smallest absolute Gasteiger partial charge is 0.244 e. The summed E-state index contributed by atoms with van der Waals surface area (Å²) in [6.45, 7) is 3.45. The van der Waals surface area contributed by atoms with Crippen LogP contribution in [0.2, 0.25) is 10.0 Å². The van der Waals surface area contributed by atoms with Gasteiger partial charge in [0.2, 0.25) is 21.8 Å². The van der Waals surface area contributed by atoms with Gasteiger partial charge in [0.1, 0.15) is 25.8 Å². The van der Waals surface area contributed by atoms with E-state index in [2.05, 4.69) is 5.32 Å².